The first kappa shape index (κ1) is 15.1. The highest BCUT2D eigenvalue weighted by Gasteiger charge is 2.14. The normalized spacial score (nSPS) is 10.6. The first-order chi connectivity index (χ1) is 9.97. The number of carboxylic acids is 1. The molecule has 0 saturated carbocycles. The second kappa shape index (κ2) is 6.43. The molecule has 0 fully saturated rings. The molecule has 0 radical (unpaired) electrons. The van der Waals surface area contributed by atoms with Gasteiger partial charge in [0.05, 0.1) is 12.1 Å². The van der Waals surface area contributed by atoms with Crippen LogP contribution >= 0.6 is 0 Å². The summed E-state index contributed by atoms with van der Waals surface area (Å²) in [5.74, 6) is -0.781. The molecule has 0 bridgehead atoms. The zero-order valence-electron chi connectivity index (χ0n) is 12.7. The lowest BCUT2D eigenvalue weighted by atomic mass is 10.1. The van der Waals surface area contributed by atoms with E-state index in [0.717, 1.165) is 22.5 Å². The fourth-order valence-corrected chi connectivity index (χ4v) is 2.44. The van der Waals surface area contributed by atoms with Crippen LogP contribution in [0, 0.1) is 13.8 Å². The van der Waals surface area contributed by atoms with Crippen LogP contribution in [0.25, 0.3) is 0 Å². The largest absolute Gasteiger partial charge is 0.481 e. The lowest BCUT2D eigenvalue weighted by Crippen LogP contribution is -2.26. The maximum absolute atomic E-state index is 10.9. The van der Waals surface area contributed by atoms with Crippen molar-refractivity contribution in [3.05, 3.63) is 47.3 Å². The zero-order valence-corrected chi connectivity index (χ0v) is 12.7. The molecular weight excluding hydrogens is 266 g/mol. The molecule has 1 aromatic heterocycles. The van der Waals surface area contributed by atoms with E-state index in [0.29, 0.717) is 13.1 Å². The van der Waals surface area contributed by atoms with Crippen LogP contribution in [0.4, 0.5) is 5.69 Å². The molecule has 2 rings (SSSR count). The number of carboxylic acid groups (broad SMARTS) is 1. The monoisotopic (exact) mass is 287 g/mol. The second-order valence-electron chi connectivity index (χ2n) is 5.27. The molecule has 0 saturated heterocycles. The third-order valence-electron chi connectivity index (χ3n) is 3.53. The van der Waals surface area contributed by atoms with Crippen molar-refractivity contribution in [3.63, 3.8) is 0 Å². The molecule has 0 amide bonds. The predicted molar refractivity (Wildman–Crippen MR) is 82.4 cm³/mol. The van der Waals surface area contributed by atoms with Gasteiger partial charge in [-0.1, -0.05) is 18.2 Å². The van der Waals surface area contributed by atoms with Crippen LogP contribution in [0.1, 0.15) is 23.2 Å². The van der Waals surface area contributed by atoms with E-state index in [2.05, 4.69) is 10.00 Å². The minimum atomic E-state index is -0.781. The maximum atomic E-state index is 10.9. The Balaban J connectivity index is 2.26. The van der Waals surface area contributed by atoms with Gasteiger partial charge in [0.2, 0.25) is 0 Å². The Morgan fingerprint density at radius 2 is 2.05 bits per heavy atom. The number of anilines is 1. The highest BCUT2D eigenvalue weighted by atomic mass is 16.4. The van der Waals surface area contributed by atoms with Crippen molar-refractivity contribution in [2.24, 2.45) is 7.05 Å². The Labute approximate surface area is 124 Å². The van der Waals surface area contributed by atoms with Gasteiger partial charge in [0, 0.05) is 37.6 Å². The maximum Gasteiger partial charge on any atom is 0.305 e. The van der Waals surface area contributed by atoms with E-state index in [4.69, 9.17) is 5.11 Å². The van der Waals surface area contributed by atoms with Gasteiger partial charge >= 0.3 is 5.97 Å². The lowest BCUT2D eigenvalue weighted by Gasteiger charge is -2.25. The number of para-hydroxylation sites is 1. The second-order valence-corrected chi connectivity index (χ2v) is 5.27. The molecule has 0 aliphatic rings. The molecule has 112 valence electrons. The summed E-state index contributed by atoms with van der Waals surface area (Å²) in [7, 11) is 1.89. The van der Waals surface area contributed by atoms with E-state index < -0.39 is 5.97 Å². The van der Waals surface area contributed by atoms with Gasteiger partial charge in [-0.15, -0.1) is 0 Å². The van der Waals surface area contributed by atoms with E-state index in [9.17, 15) is 4.79 Å². The molecule has 1 aromatic carbocycles. The Hall–Kier alpha value is -2.30. The summed E-state index contributed by atoms with van der Waals surface area (Å²) in [5, 5.41) is 13.3. The molecule has 0 spiro atoms. The summed E-state index contributed by atoms with van der Waals surface area (Å²) < 4.78 is 1.79. The number of rotatable bonds is 6. The van der Waals surface area contributed by atoms with Gasteiger partial charge in [-0.05, 0) is 25.5 Å². The Bertz CT molecular complexity index is 634. The molecule has 5 nitrogen and oxygen atoms in total. The highest BCUT2D eigenvalue weighted by Crippen LogP contribution is 2.22. The standard InChI is InChI=1S/C16H21N3O2/c1-12-6-4-5-7-15(12)19(9-8-16(20)21)11-14-10-18(3)17-13(14)2/h4-7,10H,8-9,11H2,1-3H3,(H,20,21). The highest BCUT2D eigenvalue weighted by molar-refractivity contribution is 5.68. The van der Waals surface area contributed by atoms with E-state index in [-0.39, 0.29) is 6.42 Å². The van der Waals surface area contributed by atoms with Gasteiger partial charge in [-0.3, -0.25) is 9.48 Å². The fourth-order valence-electron chi connectivity index (χ4n) is 2.44. The van der Waals surface area contributed by atoms with Gasteiger partial charge in [0.25, 0.3) is 0 Å². The average Bonchev–Trinajstić information content (AvgIpc) is 2.73. The molecule has 0 unspecified atom stereocenters. The van der Waals surface area contributed by atoms with E-state index >= 15 is 0 Å². The van der Waals surface area contributed by atoms with Crippen molar-refractivity contribution >= 4 is 11.7 Å². The summed E-state index contributed by atoms with van der Waals surface area (Å²) in [6, 6.07) is 8.04. The summed E-state index contributed by atoms with van der Waals surface area (Å²) in [6.45, 7) is 5.16. The minimum Gasteiger partial charge on any atom is -0.481 e. The minimum absolute atomic E-state index is 0.119. The zero-order chi connectivity index (χ0) is 15.4. The SMILES string of the molecule is Cc1ccccc1N(CCC(=O)O)Cc1cn(C)nc1C. The third-order valence-corrected chi connectivity index (χ3v) is 3.53. The third kappa shape index (κ3) is 3.84. The van der Waals surface area contributed by atoms with Crippen molar-refractivity contribution in [1.29, 1.82) is 0 Å². The van der Waals surface area contributed by atoms with Crippen LogP contribution in [0.15, 0.2) is 30.5 Å². The first-order valence-corrected chi connectivity index (χ1v) is 6.99. The van der Waals surface area contributed by atoms with Gasteiger partial charge in [0.15, 0.2) is 0 Å². The van der Waals surface area contributed by atoms with Crippen molar-refractivity contribution in [2.75, 3.05) is 11.4 Å². The number of aromatic nitrogens is 2. The molecule has 0 aliphatic carbocycles. The van der Waals surface area contributed by atoms with E-state index in [1.165, 1.54) is 0 Å². The molecule has 1 heterocycles. The van der Waals surface area contributed by atoms with Crippen LogP contribution in [0.5, 0.6) is 0 Å². The predicted octanol–water partition coefficient (Wildman–Crippen LogP) is 2.52. The smallest absolute Gasteiger partial charge is 0.305 e. The molecule has 5 heteroatoms. The molecule has 2 aromatic rings. The van der Waals surface area contributed by atoms with E-state index in [1.54, 1.807) is 4.68 Å². The van der Waals surface area contributed by atoms with Crippen molar-refractivity contribution in [1.82, 2.24) is 9.78 Å². The summed E-state index contributed by atoms with van der Waals surface area (Å²) >= 11 is 0. The molecule has 1 N–H and O–H groups in total. The Morgan fingerprint density at radius 3 is 2.62 bits per heavy atom. The Kier molecular flexibility index (Phi) is 4.62. The number of aliphatic carboxylic acids is 1. The summed E-state index contributed by atoms with van der Waals surface area (Å²) in [6.07, 6.45) is 2.11. The molecule has 21 heavy (non-hydrogen) atoms. The van der Waals surface area contributed by atoms with Crippen LogP contribution in [-0.2, 0) is 18.4 Å². The lowest BCUT2D eigenvalue weighted by molar-refractivity contribution is -0.136. The molecular formula is C16H21N3O2. The number of hydrogen-bond donors (Lipinski definition) is 1. The Morgan fingerprint density at radius 1 is 1.33 bits per heavy atom. The summed E-state index contributed by atoms with van der Waals surface area (Å²) in [4.78, 5) is 13.0. The number of aryl methyl sites for hydroxylation is 3. The van der Waals surface area contributed by atoms with Crippen molar-refractivity contribution in [3.8, 4) is 0 Å². The topological polar surface area (TPSA) is 58.4 Å². The van der Waals surface area contributed by atoms with Crippen molar-refractivity contribution < 1.29 is 9.90 Å². The first-order valence-electron chi connectivity index (χ1n) is 6.99. The fraction of sp³-hybridized carbons (Fsp3) is 0.375. The van der Waals surface area contributed by atoms with Gasteiger partial charge < -0.3 is 10.0 Å². The molecule has 0 atom stereocenters. The van der Waals surface area contributed by atoms with Crippen LogP contribution in [0.2, 0.25) is 0 Å². The van der Waals surface area contributed by atoms with Crippen LogP contribution in [-0.4, -0.2) is 27.4 Å². The summed E-state index contributed by atoms with van der Waals surface area (Å²) in [5.41, 5.74) is 4.31. The number of carbonyl (C=O) groups is 1. The van der Waals surface area contributed by atoms with Crippen LogP contribution in [0.3, 0.4) is 0 Å². The van der Waals surface area contributed by atoms with Crippen LogP contribution < -0.4 is 4.90 Å². The van der Waals surface area contributed by atoms with E-state index in [1.807, 2.05) is 51.4 Å². The number of nitrogens with zero attached hydrogens (tertiary/aromatic N) is 3. The van der Waals surface area contributed by atoms with Gasteiger partial charge in [0.1, 0.15) is 0 Å². The van der Waals surface area contributed by atoms with Gasteiger partial charge in [-0.2, -0.15) is 5.10 Å². The average molecular weight is 287 g/mol. The quantitative estimate of drug-likeness (QED) is 0.887. The number of benzene rings is 1. The number of hydrogen-bond acceptors (Lipinski definition) is 3. The molecule has 0 aliphatic heterocycles. The van der Waals surface area contributed by atoms with Gasteiger partial charge in [-0.25, -0.2) is 0 Å². The van der Waals surface area contributed by atoms with Crippen molar-refractivity contribution in [2.45, 2.75) is 26.8 Å².